The van der Waals surface area contributed by atoms with Crippen LogP contribution in [-0.2, 0) is 37.4 Å². The van der Waals surface area contributed by atoms with Gasteiger partial charge in [-0.2, -0.15) is 0 Å². The summed E-state index contributed by atoms with van der Waals surface area (Å²) in [6, 6.07) is 0. The van der Waals surface area contributed by atoms with E-state index in [1.807, 2.05) is 6.08 Å². The molecular weight excluding hydrogens is 759 g/mol. The van der Waals surface area contributed by atoms with Crippen LogP contribution in [0, 0.1) is 0 Å². The third kappa shape index (κ3) is 34.7. The van der Waals surface area contributed by atoms with Crippen LogP contribution in [-0.4, -0.2) is 77.9 Å². The first-order valence-electron chi connectivity index (χ1n) is 22.7. The number of epoxide rings is 1. The molecule has 0 aliphatic carbocycles. The number of esters is 2. The van der Waals surface area contributed by atoms with Gasteiger partial charge in [-0.25, -0.2) is 4.57 Å². The van der Waals surface area contributed by atoms with Crippen LogP contribution in [0.5, 0.6) is 0 Å². The lowest BCUT2D eigenvalue weighted by molar-refractivity contribution is -0.161. The molecule has 0 radical (unpaired) electrons. The lowest BCUT2D eigenvalue weighted by Gasteiger charge is -2.20. The van der Waals surface area contributed by atoms with Gasteiger partial charge >= 0.3 is 19.8 Å². The maximum Gasteiger partial charge on any atom is 0.472 e. The number of phosphoric acid groups is 1. The summed E-state index contributed by atoms with van der Waals surface area (Å²) in [5.41, 5.74) is 0. The van der Waals surface area contributed by atoms with Gasteiger partial charge < -0.3 is 29.3 Å². The number of aliphatic hydroxyl groups is 2. The molecule has 0 bridgehead atoms. The number of hydrogen-bond acceptors (Lipinski definition) is 10. The molecule has 0 saturated carbocycles. The van der Waals surface area contributed by atoms with E-state index in [1.54, 1.807) is 0 Å². The predicted molar refractivity (Wildman–Crippen MR) is 232 cm³/mol. The minimum absolute atomic E-state index is 0.156. The third-order valence-corrected chi connectivity index (χ3v) is 10.8. The van der Waals surface area contributed by atoms with Gasteiger partial charge in [-0.1, -0.05) is 140 Å². The number of allylic oxidation sites excluding steroid dienone is 6. The lowest BCUT2D eigenvalue weighted by Crippen LogP contribution is -2.29. The van der Waals surface area contributed by atoms with Gasteiger partial charge in [0.05, 0.1) is 32.0 Å². The molecule has 3 N–H and O–H groups in total. The first kappa shape index (κ1) is 53.9. The molecule has 0 aromatic heterocycles. The summed E-state index contributed by atoms with van der Waals surface area (Å²) in [6.45, 7) is 2.27. The molecule has 58 heavy (non-hydrogen) atoms. The molecule has 1 aliphatic heterocycles. The minimum atomic E-state index is -4.64. The van der Waals surface area contributed by atoms with Crippen LogP contribution in [0.3, 0.4) is 0 Å². The topological polar surface area (TPSA) is 161 Å². The van der Waals surface area contributed by atoms with E-state index >= 15 is 0 Å². The van der Waals surface area contributed by atoms with Gasteiger partial charge in [0.1, 0.15) is 12.7 Å². The Labute approximate surface area is 351 Å². The standard InChI is InChI=1S/C46H81O11P/c1-3-5-7-9-11-13-14-15-16-17-18-19-20-22-24-26-32-36-46(50)56-42(40-55-58(51,52)54-38-41(48)37-47)39-53-45(49)35-31-28-27-30-34-44-43(57-44)33-29-25-23-21-12-10-8-6-4-2/h12,15-16,21,25,27,29-30,41-44,47-48H,3-11,13-14,17-20,22-24,26,28,31-40H2,1-2H3,(H,51,52)/b16-15-,21-12-,29-25-,30-27-/t41-,42+,43?,44?/m0/s1. The summed E-state index contributed by atoms with van der Waals surface area (Å²) in [6.07, 6.45) is 42.4. The molecule has 0 spiro atoms. The van der Waals surface area contributed by atoms with E-state index in [9.17, 15) is 24.2 Å². The quantitative estimate of drug-likeness (QED) is 0.0177. The van der Waals surface area contributed by atoms with E-state index in [1.165, 1.54) is 83.5 Å². The number of aliphatic hydroxyl groups excluding tert-OH is 2. The first-order chi connectivity index (χ1) is 28.2. The Morgan fingerprint density at radius 3 is 1.71 bits per heavy atom. The van der Waals surface area contributed by atoms with Crippen molar-refractivity contribution in [1.29, 1.82) is 0 Å². The second kappa shape index (κ2) is 37.9. The fraction of sp³-hybridized carbons (Fsp3) is 0.783. The van der Waals surface area contributed by atoms with Crippen LogP contribution in [0.15, 0.2) is 48.6 Å². The molecule has 1 saturated heterocycles. The number of carbonyl (C=O) groups excluding carboxylic acids is 2. The number of rotatable bonds is 41. The van der Waals surface area contributed by atoms with Crippen molar-refractivity contribution in [2.24, 2.45) is 0 Å². The summed E-state index contributed by atoms with van der Waals surface area (Å²) in [5, 5.41) is 18.4. The highest BCUT2D eigenvalue weighted by molar-refractivity contribution is 7.47. The second-order valence-electron chi connectivity index (χ2n) is 15.5. The van der Waals surface area contributed by atoms with Gasteiger partial charge in [-0.05, 0) is 77.0 Å². The molecule has 1 aliphatic rings. The monoisotopic (exact) mass is 841 g/mol. The maximum absolute atomic E-state index is 12.6. The summed E-state index contributed by atoms with van der Waals surface area (Å²) >= 11 is 0. The largest absolute Gasteiger partial charge is 0.472 e. The van der Waals surface area contributed by atoms with Crippen LogP contribution in [0.2, 0.25) is 0 Å². The molecule has 0 aromatic rings. The molecule has 5 atom stereocenters. The van der Waals surface area contributed by atoms with Gasteiger partial charge in [0, 0.05) is 12.8 Å². The Bertz CT molecular complexity index is 1170. The number of ether oxygens (including phenoxy) is 3. The minimum Gasteiger partial charge on any atom is -0.462 e. The van der Waals surface area contributed by atoms with Crippen molar-refractivity contribution in [3.63, 3.8) is 0 Å². The molecule has 1 rings (SSSR count). The molecular formula is C46H81O11P. The van der Waals surface area contributed by atoms with Crippen molar-refractivity contribution in [3.05, 3.63) is 48.6 Å². The van der Waals surface area contributed by atoms with Crippen molar-refractivity contribution >= 4 is 19.8 Å². The predicted octanol–water partition coefficient (Wildman–Crippen LogP) is 11.1. The number of carbonyl (C=O) groups is 2. The third-order valence-electron chi connectivity index (χ3n) is 9.86. The lowest BCUT2D eigenvalue weighted by atomic mass is 10.1. The van der Waals surface area contributed by atoms with Crippen LogP contribution in [0.4, 0.5) is 0 Å². The van der Waals surface area contributed by atoms with Crippen molar-refractivity contribution in [3.8, 4) is 0 Å². The zero-order valence-corrected chi connectivity index (χ0v) is 37.1. The van der Waals surface area contributed by atoms with Gasteiger partial charge in [0.2, 0.25) is 0 Å². The van der Waals surface area contributed by atoms with Gasteiger partial charge in [0.25, 0.3) is 0 Å². The molecule has 1 fully saturated rings. The van der Waals surface area contributed by atoms with Gasteiger partial charge in [0.15, 0.2) is 6.10 Å². The molecule has 3 unspecified atom stereocenters. The summed E-state index contributed by atoms with van der Waals surface area (Å²) in [4.78, 5) is 35.1. The Morgan fingerprint density at radius 2 is 1.07 bits per heavy atom. The molecule has 0 amide bonds. The van der Waals surface area contributed by atoms with E-state index in [-0.39, 0.29) is 31.7 Å². The van der Waals surface area contributed by atoms with Crippen LogP contribution in [0.1, 0.15) is 181 Å². The van der Waals surface area contributed by atoms with Crippen LogP contribution in [0.25, 0.3) is 0 Å². The van der Waals surface area contributed by atoms with Crippen LogP contribution >= 0.6 is 7.82 Å². The summed E-state index contributed by atoms with van der Waals surface area (Å²) in [7, 11) is -4.64. The smallest absolute Gasteiger partial charge is 0.462 e. The summed E-state index contributed by atoms with van der Waals surface area (Å²) in [5.74, 6) is -1.00. The Hall–Kier alpha value is -2.11. The SMILES string of the molecule is CCCCC/C=C\C/C=C\CC1OC1C/C=C\CCCC(=O)OC[C@H](COP(=O)(O)OC[C@@H](O)CO)OC(=O)CCCCCCCCC/C=C\CCCCCCCC. The van der Waals surface area contributed by atoms with E-state index in [2.05, 4.69) is 56.4 Å². The Morgan fingerprint density at radius 1 is 0.603 bits per heavy atom. The highest BCUT2D eigenvalue weighted by atomic mass is 31.2. The van der Waals surface area contributed by atoms with E-state index in [0.717, 1.165) is 51.4 Å². The highest BCUT2D eigenvalue weighted by Gasteiger charge is 2.36. The van der Waals surface area contributed by atoms with Crippen molar-refractivity contribution in [2.75, 3.05) is 26.4 Å². The van der Waals surface area contributed by atoms with Crippen molar-refractivity contribution < 1.29 is 52.5 Å². The first-order valence-corrected chi connectivity index (χ1v) is 24.2. The molecule has 12 heteroatoms. The number of phosphoric ester groups is 1. The van der Waals surface area contributed by atoms with Gasteiger partial charge in [-0.3, -0.25) is 18.6 Å². The van der Waals surface area contributed by atoms with E-state index in [4.69, 9.17) is 28.4 Å². The summed E-state index contributed by atoms with van der Waals surface area (Å²) < 4.78 is 38.5. The van der Waals surface area contributed by atoms with Crippen molar-refractivity contribution in [1.82, 2.24) is 0 Å². The number of hydrogen-bond donors (Lipinski definition) is 3. The van der Waals surface area contributed by atoms with Crippen LogP contribution < -0.4 is 0 Å². The molecule has 11 nitrogen and oxygen atoms in total. The molecule has 336 valence electrons. The fourth-order valence-corrected chi connectivity index (χ4v) is 6.99. The zero-order valence-electron chi connectivity index (χ0n) is 36.2. The average molecular weight is 841 g/mol. The Kier molecular flexibility index (Phi) is 35.2. The maximum atomic E-state index is 12.6. The molecule has 0 aromatic carbocycles. The van der Waals surface area contributed by atoms with Crippen molar-refractivity contribution in [2.45, 2.75) is 205 Å². The van der Waals surface area contributed by atoms with Gasteiger partial charge in [-0.15, -0.1) is 0 Å². The molecule has 1 heterocycles. The zero-order chi connectivity index (χ0) is 42.4. The normalized spacial score (nSPS) is 17.7. The highest BCUT2D eigenvalue weighted by Crippen LogP contribution is 2.43. The van der Waals surface area contributed by atoms with E-state index in [0.29, 0.717) is 19.3 Å². The fourth-order valence-electron chi connectivity index (χ4n) is 6.20. The Balaban J connectivity index is 2.28. The number of unbranched alkanes of at least 4 members (excludes halogenated alkanes) is 17. The second-order valence-corrected chi connectivity index (χ2v) is 16.9. The van der Waals surface area contributed by atoms with E-state index < -0.39 is 51.8 Å². The average Bonchev–Trinajstić information content (AvgIpc) is 3.97.